The molecule has 1 aliphatic rings. The fraction of sp³-hybridized carbons (Fsp3) is 0.333. The first-order valence-corrected chi connectivity index (χ1v) is 10.7. The van der Waals surface area contributed by atoms with Crippen molar-refractivity contribution in [1.29, 1.82) is 0 Å². The van der Waals surface area contributed by atoms with Gasteiger partial charge in [-0.3, -0.25) is 9.69 Å². The van der Waals surface area contributed by atoms with E-state index in [1.165, 1.54) is 0 Å². The van der Waals surface area contributed by atoms with E-state index < -0.39 is 12.0 Å². The summed E-state index contributed by atoms with van der Waals surface area (Å²) in [5, 5.41) is 10.9. The van der Waals surface area contributed by atoms with Crippen molar-refractivity contribution < 1.29 is 24.2 Å². The second-order valence-corrected chi connectivity index (χ2v) is 7.69. The van der Waals surface area contributed by atoms with Crippen LogP contribution in [0.2, 0.25) is 0 Å². The van der Waals surface area contributed by atoms with Gasteiger partial charge in [0, 0.05) is 48.8 Å². The van der Waals surface area contributed by atoms with Gasteiger partial charge in [0.1, 0.15) is 18.4 Å². The van der Waals surface area contributed by atoms with E-state index >= 15 is 0 Å². The largest absolute Gasteiger partial charge is 0.489 e. The molecule has 1 aliphatic heterocycles. The lowest BCUT2D eigenvalue weighted by molar-refractivity contribution is -0.144. The highest BCUT2D eigenvalue weighted by molar-refractivity contribution is 5.90. The number of hydrogen-bond acceptors (Lipinski definition) is 5. The lowest BCUT2D eigenvalue weighted by atomic mass is 10.0. The van der Waals surface area contributed by atoms with Gasteiger partial charge in [0.2, 0.25) is 0 Å². The standard InChI is InChI=1S/C24H27N3O5/c1-2-31-24(30)27-12-10-26(11-13-27)22(23(28)29)20-15-25-21-9-8-18(14-19(20)21)32-16-17-6-4-3-5-7-17/h3-9,14-15,22,25H,2,10-13,16H2,1H3,(H,28,29)/t22-/m1/s1. The van der Waals surface area contributed by atoms with Gasteiger partial charge in [0.15, 0.2) is 0 Å². The molecule has 0 radical (unpaired) electrons. The van der Waals surface area contributed by atoms with Crippen LogP contribution in [0.25, 0.3) is 10.9 Å². The maximum atomic E-state index is 12.3. The highest BCUT2D eigenvalue weighted by Gasteiger charge is 2.33. The van der Waals surface area contributed by atoms with Gasteiger partial charge in [-0.25, -0.2) is 4.79 Å². The molecule has 0 saturated carbocycles. The van der Waals surface area contributed by atoms with Crippen molar-refractivity contribution >= 4 is 23.0 Å². The van der Waals surface area contributed by atoms with Crippen molar-refractivity contribution in [3.63, 3.8) is 0 Å². The molecule has 2 N–H and O–H groups in total. The fourth-order valence-electron chi connectivity index (χ4n) is 4.04. The second-order valence-electron chi connectivity index (χ2n) is 7.69. The number of benzene rings is 2. The summed E-state index contributed by atoms with van der Waals surface area (Å²) in [7, 11) is 0. The fourth-order valence-corrected chi connectivity index (χ4v) is 4.04. The van der Waals surface area contributed by atoms with Crippen LogP contribution in [0, 0.1) is 0 Å². The highest BCUT2D eigenvalue weighted by Crippen LogP contribution is 2.32. The smallest absolute Gasteiger partial charge is 0.409 e. The number of H-pyrrole nitrogens is 1. The van der Waals surface area contributed by atoms with E-state index in [2.05, 4.69) is 4.98 Å². The number of ether oxygens (including phenoxy) is 2. The van der Waals surface area contributed by atoms with Gasteiger partial charge >= 0.3 is 12.1 Å². The number of nitrogens with one attached hydrogen (secondary N) is 1. The van der Waals surface area contributed by atoms with Crippen LogP contribution in [0.4, 0.5) is 4.79 Å². The Balaban J connectivity index is 1.52. The lowest BCUT2D eigenvalue weighted by Crippen LogP contribution is -2.51. The van der Waals surface area contributed by atoms with Crippen LogP contribution in [0.15, 0.2) is 54.7 Å². The summed E-state index contributed by atoms with van der Waals surface area (Å²) in [5.74, 6) is -0.246. The molecule has 3 aromatic rings. The van der Waals surface area contributed by atoms with Crippen LogP contribution in [0.5, 0.6) is 5.75 Å². The van der Waals surface area contributed by atoms with Crippen molar-refractivity contribution in [2.45, 2.75) is 19.6 Å². The van der Waals surface area contributed by atoms with Gasteiger partial charge in [0.05, 0.1) is 6.61 Å². The molecule has 0 unspecified atom stereocenters. The Bertz CT molecular complexity index is 1070. The van der Waals surface area contributed by atoms with Crippen molar-refractivity contribution in [2.75, 3.05) is 32.8 Å². The molecule has 1 amide bonds. The molecule has 32 heavy (non-hydrogen) atoms. The summed E-state index contributed by atoms with van der Waals surface area (Å²) < 4.78 is 11.0. The van der Waals surface area contributed by atoms with Crippen LogP contribution in [0.1, 0.15) is 24.1 Å². The van der Waals surface area contributed by atoms with Gasteiger partial charge < -0.3 is 24.5 Å². The van der Waals surface area contributed by atoms with Crippen LogP contribution in [-0.2, 0) is 16.1 Å². The van der Waals surface area contributed by atoms with E-state index in [-0.39, 0.29) is 6.09 Å². The lowest BCUT2D eigenvalue weighted by Gasteiger charge is -2.37. The summed E-state index contributed by atoms with van der Waals surface area (Å²) in [6.45, 7) is 4.28. The van der Waals surface area contributed by atoms with Crippen molar-refractivity contribution in [2.24, 2.45) is 0 Å². The summed E-state index contributed by atoms with van der Waals surface area (Å²) in [6.07, 6.45) is 1.40. The Hall–Kier alpha value is -3.52. The quantitative estimate of drug-likeness (QED) is 0.586. The van der Waals surface area contributed by atoms with E-state index in [4.69, 9.17) is 9.47 Å². The molecule has 8 nitrogen and oxygen atoms in total. The van der Waals surface area contributed by atoms with Gasteiger partial charge in [-0.1, -0.05) is 30.3 Å². The Morgan fingerprint density at radius 3 is 2.53 bits per heavy atom. The number of aromatic amines is 1. The average Bonchev–Trinajstić information content (AvgIpc) is 3.22. The zero-order valence-corrected chi connectivity index (χ0v) is 18.0. The number of carboxylic acids is 1. The molecule has 0 aliphatic carbocycles. The number of carboxylic acid groups (broad SMARTS) is 1. The number of rotatable bonds is 7. The molecule has 2 aromatic carbocycles. The molecule has 0 spiro atoms. The van der Waals surface area contributed by atoms with Crippen LogP contribution in [-0.4, -0.2) is 64.7 Å². The summed E-state index contributed by atoms with van der Waals surface area (Å²) >= 11 is 0. The van der Waals surface area contributed by atoms with Crippen LogP contribution >= 0.6 is 0 Å². The first kappa shape index (κ1) is 21.7. The van der Waals surface area contributed by atoms with E-state index in [1.807, 2.05) is 53.4 Å². The predicted molar refractivity (Wildman–Crippen MR) is 120 cm³/mol. The Labute approximate surface area is 186 Å². The van der Waals surface area contributed by atoms with Gasteiger partial charge in [-0.2, -0.15) is 0 Å². The van der Waals surface area contributed by atoms with E-state index in [1.54, 1.807) is 18.0 Å². The molecule has 8 heteroatoms. The number of aliphatic carboxylic acids is 1. The van der Waals surface area contributed by atoms with E-state index in [0.29, 0.717) is 50.7 Å². The van der Waals surface area contributed by atoms with Crippen molar-refractivity contribution in [3.8, 4) is 5.75 Å². The zero-order chi connectivity index (χ0) is 22.5. The Morgan fingerprint density at radius 1 is 1.09 bits per heavy atom. The monoisotopic (exact) mass is 437 g/mol. The molecule has 0 bridgehead atoms. The van der Waals surface area contributed by atoms with Crippen molar-refractivity contribution in [3.05, 3.63) is 65.9 Å². The number of amides is 1. The third-order valence-electron chi connectivity index (χ3n) is 5.67. The highest BCUT2D eigenvalue weighted by atomic mass is 16.6. The maximum absolute atomic E-state index is 12.3. The summed E-state index contributed by atoms with van der Waals surface area (Å²) in [5.41, 5.74) is 2.59. The first-order valence-electron chi connectivity index (χ1n) is 10.7. The number of nitrogens with zero attached hydrogens (tertiary/aromatic N) is 2. The molecule has 1 fully saturated rings. The second kappa shape index (κ2) is 9.74. The molecule has 2 heterocycles. The number of carbonyl (C=O) groups is 2. The summed E-state index contributed by atoms with van der Waals surface area (Å²) in [6, 6.07) is 14.7. The first-order chi connectivity index (χ1) is 15.6. The van der Waals surface area contributed by atoms with Crippen LogP contribution < -0.4 is 4.74 Å². The maximum Gasteiger partial charge on any atom is 0.409 e. The molecular formula is C24H27N3O5. The van der Waals surface area contributed by atoms with Gasteiger partial charge in [0.25, 0.3) is 0 Å². The summed E-state index contributed by atoms with van der Waals surface area (Å²) in [4.78, 5) is 30.9. The third kappa shape index (κ3) is 4.70. The number of aromatic nitrogens is 1. The molecule has 1 saturated heterocycles. The molecule has 1 aromatic heterocycles. The van der Waals surface area contributed by atoms with E-state index in [9.17, 15) is 14.7 Å². The van der Waals surface area contributed by atoms with Crippen molar-refractivity contribution in [1.82, 2.24) is 14.8 Å². The number of hydrogen-bond donors (Lipinski definition) is 2. The topological polar surface area (TPSA) is 95.1 Å². The molecular weight excluding hydrogens is 410 g/mol. The zero-order valence-electron chi connectivity index (χ0n) is 18.0. The normalized spacial score (nSPS) is 15.5. The molecule has 4 rings (SSSR count). The SMILES string of the molecule is CCOC(=O)N1CCN([C@@H](C(=O)O)c2c[nH]c3ccc(OCc4ccccc4)cc23)CC1. The van der Waals surface area contributed by atoms with Gasteiger partial charge in [-0.05, 0) is 30.7 Å². The molecule has 1 atom stereocenters. The number of piperazine rings is 1. The number of carbonyl (C=O) groups excluding carboxylic acids is 1. The van der Waals surface area contributed by atoms with Crippen LogP contribution in [0.3, 0.4) is 0 Å². The van der Waals surface area contributed by atoms with E-state index in [0.717, 1.165) is 16.5 Å². The Morgan fingerprint density at radius 2 is 1.84 bits per heavy atom. The Kier molecular flexibility index (Phi) is 6.61. The minimum absolute atomic E-state index is 0.320. The minimum atomic E-state index is -0.925. The average molecular weight is 437 g/mol. The molecule has 168 valence electrons. The predicted octanol–water partition coefficient (Wildman–Crippen LogP) is 3.65. The minimum Gasteiger partial charge on any atom is -0.489 e. The third-order valence-corrected chi connectivity index (χ3v) is 5.67. The number of fused-ring (bicyclic) bond motifs is 1. The van der Waals surface area contributed by atoms with Gasteiger partial charge in [-0.15, -0.1) is 0 Å².